The van der Waals surface area contributed by atoms with Gasteiger partial charge < -0.3 is 14.2 Å². The SMILES string of the molecule is COCCOCC(C)C(=O)OC(C)(C)C. The summed E-state index contributed by atoms with van der Waals surface area (Å²) in [6, 6.07) is 0. The highest BCUT2D eigenvalue weighted by Crippen LogP contribution is 2.11. The highest BCUT2D eigenvalue weighted by Gasteiger charge is 2.21. The van der Waals surface area contributed by atoms with Crippen LogP contribution in [0, 0.1) is 5.92 Å². The Morgan fingerprint density at radius 3 is 2.33 bits per heavy atom. The molecule has 0 heterocycles. The molecule has 0 fully saturated rings. The summed E-state index contributed by atoms with van der Waals surface area (Å²) in [4.78, 5) is 11.5. The zero-order valence-electron chi connectivity index (χ0n) is 10.3. The second kappa shape index (κ2) is 6.80. The van der Waals surface area contributed by atoms with Crippen LogP contribution in [0.4, 0.5) is 0 Å². The van der Waals surface area contributed by atoms with Gasteiger partial charge in [0.05, 0.1) is 25.7 Å². The van der Waals surface area contributed by atoms with E-state index >= 15 is 0 Å². The van der Waals surface area contributed by atoms with Crippen LogP contribution < -0.4 is 0 Å². The third-order valence-electron chi connectivity index (χ3n) is 1.61. The predicted octanol–water partition coefficient (Wildman–Crippen LogP) is 1.63. The summed E-state index contributed by atoms with van der Waals surface area (Å²) in [6.45, 7) is 8.76. The fourth-order valence-corrected chi connectivity index (χ4v) is 0.873. The third kappa shape index (κ3) is 8.39. The molecular weight excluding hydrogens is 196 g/mol. The van der Waals surface area contributed by atoms with E-state index in [1.54, 1.807) is 14.0 Å². The molecule has 0 aliphatic heterocycles. The van der Waals surface area contributed by atoms with Crippen molar-refractivity contribution in [1.82, 2.24) is 0 Å². The molecule has 0 amide bonds. The summed E-state index contributed by atoms with van der Waals surface area (Å²) in [7, 11) is 1.61. The normalized spacial score (nSPS) is 13.7. The average Bonchev–Trinajstić information content (AvgIpc) is 2.09. The van der Waals surface area contributed by atoms with Gasteiger partial charge in [0.25, 0.3) is 0 Å². The Morgan fingerprint density at radius 1 is 1.27 bits per heavy atom. The van der Waals surface area contributed by atoms with Crippen molar-refractivity contribution in [2.45, 2.75) is 33.3 Å². The number of methoxy groups -OCH3 is 1. The van der Waals surface area contributed by atoms with E-state index in [9.17, 15) is 4.79 Å². The number of rotatable bonds is 6. The Labute approximate surface area is 91.9 Å². The van der Waals surface area contributed by atoms with Crippen LogP contribution in [0.5, 0.6) is 0 Å². The van der Waals surface area contributed by atoms with Gasteiger partial charge in [-0.2, -0.15) is 0 Å². The molecule has 4 heteroatoms. The Balaban J connectivity index is 3.70. The van der Waals surface area contributed by atoms with Crippen molar-refractivity contribution in [3.8, 4) is 0 Å². The van der Waals surface area contributed by atoms with Gasteiger partial charge in [-0.3, -0.25) is 4.79 Å². The highest BCUT2D eigenvalue weighted by atomic mass is 16.6. The lowest BCUT2D eigenvalue weighted by Crippen LogP contribution is -2.29. The lowest BCUT2D eigenvalue weighted by atomic mass is 10.1. The number of hydrogen-bond donors (Lipinski definition) is 0. The average molecular weight is 218 g/mol. The first-order valence-corrected chi connectivity index (χ1v) is 5.16. The molecule has 0 aromatic rings. The predicted molar refractivity (Wildman–Crippen MR) is 57.7 cm³/mol. The summed E-state index contributed by atoms with van der Waals surface area (Å²) in [5.74, 6) is -0.457. The first-order chi connectivity index (χ1) is 6.87. The van der Waals surface area contributed by atoms with Crippen molar-refractivity contribution < 1.29 is 19.0 Å². The van der Waals surface area contributed by atoms with Gasteiger partial charge in [-0.05, 0) is 27.7 Å². The molecule has 0 radical (unpaired) electrons. The van der Waals surface area contributed by atoms with Crippen LogP contribution in [0.3, 0.4) is 0 Å². The summed E-state index contributed by atoms with van der Waals surface area (Å²) in [5.41, 5.74) is -0.433. The van der Waals surface area contributed by atoms with Crippen molar-refractivity contribution in [2.75, 3.05) is 26.9 Å². The topological polar surface area (TPSA) is 44.8 Å². The molecule has 1 atom stereocenters. The van der Waals surface area contributed by atoms with Gasteiger partial charge in [0, 0.05) is 7.11 Å². The van der Waals surface area contributed by atoms with Crippen LogP contribution in [0.1, 0.15) is 27.7 Å². The maximum Gasteiger partial charge on any atom is 0.311 e. The maximum absolute atomic E-state index is 11.5. The van der Waals surface area contributed by atoms with E-state index in [-0.39, 0.29) is 11.9 Å². The van der Waals surface area contributed by atoms with E-state index in [0.29, 0.717) is 19.8 Å². The second-order valence-electron chi connectivity index (χ2n) is 4.50. The lowest BCUT2D eigenvalue weighted by molar-refractivity contribution is -0.161. The molecule has 0 aromatic carbocycles. The fourth-order valence-electron chi connectivity index (χ4n) is 0.873. The number of hydrogen-bond acceptors (Lipinski definition) is 4. The molecule has 0 aliphatic rings. The molecule has 4 nitrogen and oxygen atoms in total. The molecule has 0 aliphatic carbocycles. The smallest absolute Gasteiger partial charge is 0.311 e. The maximum atomic E-state index is 11.5. The van der Waals surface area contributed by atoms with Gasteiger partial charge in [0.15, 0.2) is 0 Å². The molecule has 0 aromatic heterocycles. The quantitative estimate of drug-likeness (QED) is 0.502. The van der Waals surface area contributed by atoms with Crippen LogP contribution in [0.2, 0.25) is 0 Å². The fraction of sp³-hybridized carbons (Fsp3) is 0.909. The minimum Gasteiger partial charge on any atom is -0.460 e. The zero-order chi connectivity index (χ0) is 11.9. The van der Waals surface area contributed by atoms with E-state index in [1.807, 2.05) is 20.8 Å². The first kappa shape index (κ1) is 14.4. The first-order valence-electron chi connectivity index (χ1n) is 5.16. The monoisotopic (exact) mass is 218 g/mol. The number of ether oxygens (including phenoxy) is 3. The molecule has 0 spiro atoms. The summed E-state index contributed by atoms with van der Waals surface area (Å²) >= 11 is 0. The summed E-state index contributed by atoms with van der Waals surface area (Å²) in [6.07, 6.45) is 0. The van der Waals surface area contributed by atoms with E-state index in [1.165, 1.54) is 0 Å². The number of carbonyl (C=O) groups excluding carboxylic acids is 1. The molecule has 0 N–H and O–H groups in total. The largest absolute Gasteiger partial charge is 0.460 e. The summed E-state index contributed by atoms with van der Waals surface area (Å²) < 4.78 is 15.3. The van der Waals surface area contributed by atoms with Gasteiger partial charge in [-0.25, -0.2) is 0 Å². The molecule has 0 bridgehead atoms. The Morgan fingerprint density at radius 2 is 1.87 bits per heavy atom. The van der Waals surface area contributed by atoms with Gasteiger partial charge >= 0.3 is 5.97 Å². The van der Waals surface area contributed by atoms with Gasteiger partial charge in [-0.1, -0.05) is 0 Å². The molecule has 1 unspecified atom stereocenters. The Hall–Kier alpha value is -0.610. The van der Waals surface area contributed by atoms with Crippen LogP contribution in [-0.4, -0.2) is 38.5 Å². The minimum atomic E-state index is -0.433. The van der Waals surface area contributed by atoms with E-state index in [0.717, 1.165) is 0 Å². The van der Waals surface area contributed by atoms with Crippen molar-refractivity contribution >= 4 is 5.97 Å². The Bertz CT molecular complexity index is 184. The standard InChI is InChI=1S/C11H22O4/c1-9(8-14-7-6-13-5)10(12)15-11(2,3)4/h9H,6-8H2,1-5H3. The van der Waals surface area contributed by atoms with Gasteiger partial charge in [0.2, 0.25) is 0 Å². The van der Waals surface area contributed by atoms with Crippen LogP contribution in [0.25, 0.3) is 0 Å². The number of carbonyl (C=O) groups is 1. The highest BCUT2D eigenvalue weighted by molar-refractivity contribution is 5.72. The van der Waals surface area contributed by atoms with Crippen LogP contribution >= 0.6 is 0 Å². The van der Waals surface area contributed by atoms with E-state index in [4.69, 9.17) is 14.2 Å². The third-order valence-corrected chi connectivity index (χ3v) is 1.61. The zero-order valence-corrected chi connectivity index (χ0v) is 10.3. The molecule has 0 rings (SSSR count). The van der Waals surface area contributed by atoms with Crippen molar-refractivity contribution in [2.24, 2.45) is 5.92 Å². The van der Waals surface area contributed by atoms with Crippen molar-refractivity contribution in [1.29, 1.82) is 0 Å². The van der Waals surface area contributed by atoms with Gasteiger partial charge in [-0.15, -0.1) is 0 Å². The van der Waals surface area contributed by atoms with E-state index < -0.39 is 5.60 Å². The molecular formula is C11H22O4. The Kier molecular flexibility index (Phi) is 6.52. The minimum absolute atomic E-state index is 0.222. The van der Waals surface area contributed by atoms with E-state index in [2.05, 4.69) is 0 Å². The van der Waals surface area contributed by atoms with Crippen molar-refractivity contribution in [3.05, 3.63) is 0 Å². The summed E-state index contributed by atoms with van der Waals surface area (Å²) in [5, 5.41) is 0. The number of esters is 1. The van der Waals surface area contributed by atoms with Crippen LogP contribution in [-0.2, 0) is 19.0 Å². The van der Waals surface area contributed by atoms with Gasteiger partial charge in [0.1, 0.15) is 5.60 Å². The van der Waals surface area contributed by atoms with Crippen LogP contribution in [0.15, 0.2) is 0 Å². The van der Waals surface area contributed by atoms with Crippen molar-refractivity contribution in [3.63, 3.8) is 0 Å². The lowest BCUT2D eigenvalue weighted by Gasteiger charge is -2.22. The molecule has 0 saturated carbocycles. The molecule has 0 saturated heterocycles. The molecule has 90 valence electrons. The molecule has 15 heavy (non-hydrogen) atoms. The second-order valence-corrected chi connectivity index (χ2v) is 4.50.